The average Bonchev–Trinajstić information content (AvgIpc) is 2.55. The zero-order valence-electron chi connectivity index (χ0n) is 13.3. The Morgan fingerprint density at radius 1 is 1.09 bits per heavy atom. The Bertz CT molecular complexity index is 673. The number of rotatable bonds is 7. The first kappa shape index (κ1) is 16.8. The van der Waals surface area contributed by atoms with Crippen molar-refractivity contribution >= 4 is 5.91 Å². The predicted molar refractivity (Wildman–Crippen MR) is 86.4 cm³/mol. The van der Waals surface area contributed by atoms with Crippen LogP contribution in [0.2, 0.25) is 0 Å². The van der Waals surface area contributed by atoms with E-state index >= 15 is 0 Å². The normalized spacial score (nSPS) is 10.2. The first-order valence-electron chi connectivity index (χ1n) is 7.34. The van der Waals surface area contributed by atoms with Crippen molar-refractivity contribution in [1.29, 1.82) is 0 Å². The fourth-order valence-electron chi connectivity index (χ4n) is 2.24. The number of nitrogens with one attached hydrogen (secondary N) is 1. The molecule has 0 saturated heterocycles. The maximum absolute atomic E-state index is 13.6. The van der Waals surface area contributed by atoms with E-state index in [2.05, 4.69) is 5.32 Å². The van der Waals surface area contributed by atoms with E-state index in [1.807, 2.05) is 24.3 Å². The third kappa shape index (κ3) is 4.98. The van der Waals surface area contributed by atoms with E-state index in [-0.39, 0.29) is 18.1 Å². The molecule has 1 amide bonds. The molecule has 0 radical (unpaired) electrons. The highest BCUT2D eigenvalue weighted by molar-refractivity contribution is 5.78. The van der Waals surface area contributed by atoms with Crippen LogP contribution in [0.3, 0.4) is 0 Å². The van der Waals surface area contributed by atoms with E-state index in [4.69, 9.17) is 9.47 Å². The molecule has 1 N–H and O–H groups in total. The fraction of sp³-hybridized carbons (Fsp3) is 0.278. The van der Waals surface area contributed by atoms with Gasteiger partial charge < -0.3 is 14.8 Å². The minimum Gasteiger partial charge on any atom is -0.497 e. The number of benzene rings is 2. The predicted octanol–water partition coefficient (Wildman–Crippen LogP) is 2.74. The van der Waals surface area contributed by atoms with Gasteiger partial charge in [0.2, 0.25) is 5.91 Å². The summed E-state index contributed by atoms with van der Waals surface area (Å²) in [5.74, 6) is 0.472. The molecule has 0 aliphatic carbocycles. The van der Waals surface area contributed by atoms with Crippen molar-refractivity contribution in [2.45, 2.75) is 12.8 Å². The van der Waals surface area contributed by atoms with Gasteiger partial charge in [-0.25, -0.2) is 4.39 Å². The molecule has 0 aliphatic heterocycles. The molecule has 23 heavy (non-hydrogen) atoms. The van der Waals surface area contributed by atoms with E-state index in [0.717, 1.165) is 16.9 Å². The number of carbonyl (C=O) groups is 1. The van der Waals surface area contributed by atoms with E-state index in [1.165, 1.54) is 13.2 Å². The number of halogens is 1. The number of amides is 1. The molecule has 0 unspecified atom stereocenters. The second kappa shape index (κ2) is 8.17. The molecular formula is C18H20FNO3. The van der Waals surface area contributed by atoms with Gasteiger partial charge in [-0.15, -0.1) is 0 Å². The first-order valence-corrected chi connectivity index (χ1v) is 7.34. The molecule has 5 heteroatoms. The summed E-state index contributed by atoms with van der Waals surface area (Å²) in [6, 6.07) is 12.2. The number of hydrogen-bond donors (Lipinski definition) is 1. The van der Waals surface area contributed by atoms with Gasteiger partial charge in [-0.2, -0.15) is 0 Å². The standard InChI is InChI=1S/C18H20FNO3/c1-22-15-5-3-4-14(10-15)12-18(21)20-9-8-13-6-7-17(23-2)16(19)11-13/h3-7,10-11H,8-9,12H2,1-2H3,(H,20,21). The summed E-state index contributed by atoms with van der Waals surface area (Å²) < 4.78 is 23.6. The molecule has 0 heterocycles. The molecule has 122 valence electrons. The molecule has 0 saturated carbocycles. The Morgan fingerprint density at radius 3 is 2.61 bits per heavy atom. The van der Waals surface area contributed by atoms with Gasteiger partial charge in [-0.3, -0.25) is 4.79 Å². The topological polar surface area (TPSA) is 47.6 Å². The van der Waals surface area contributed by atoms with Crippen molar-refractivity contribution in [2.24, 2.45) is 0 Å². The zero-order valence-corrected chi connectivity index (χ0v) is 13.3. The van der Waals surface area contributed by atoms with Crippen LogP contribution >= 0.6 is 0 Å². The van der Waals surface area contributed by atoms with Crippen LogP contribution in [0.5, 0.6) is 11.5 Å². The molecule has 4 nitrogen and oxygen atoms in total. The molecule has 0 spiro atoms. The monoisotopic (exact) mass is 317 g/mol. The Hall–Kier alpha value is -2.56. The van der Waals surface area contributed by atoms with Gasteiger partial charge >= 0.3 is 0 Å². The third-order valence-corrected chi connectivity index (χ3v) is 3.45. The summed E-state index contributed by atoms with van der Waals surface area (Å²) in [4.78, 5) is 11.9. The minimum atomic E-state index is -0.396. The highest BCUT2D eigenvalue weighted by Crippen LogP contribution is 2.17. The van der Waals surface area contributed by atoms with Crippen LogP contribution in [0.15, 0.2) is 42.5 Å². The number of ether oxygens (including phenoxy) is 2. The molecular weight excluding hydrogens is 297 g/mol. The summed E-state index contributed by atoms with van der Waals surface area (Å²) in [6.07, 6.45) is 0.846. The lowest BCUT2D eigenvalue weighted by Gasteiger charge is -2.08. The lowest BCUT2D eigenvalue weighted by atomic mass is 10.1. The number of carbonyl (C=O) groups excluding carboxylic acids is 1. The Kier molecular flexibility index (Phi) is 5.97. The summed E-state index contributed by atoms with van der Waals surface area (Å²) >= 11 is 0. The summed E-state index contributed by atoms with van der Waals surface area (Å²) in [7, 11) is 3.02. The van der Waals surface area contributed by atoms with Crippen LogP contribution < -0.4 is 14.8 Å². The Morgan fingerprint density at radius 2 is 1.91 bits per heavy atom. The van der Waals surface area contributed by atoms with Crippen molar-refractivity contribution in [3.8, 4) is 11.5 Å². The van der Waals surface area contributed by atoms with Crippen molar-refractivity contribution < 1.29 is 18.7 Å². The van der Waals surface area contributed by atoms with Crippen LogP contribution in [0, 0.1) is 5.82 Å². The SMILES string of the molecule is COc1cccc(CC(=O)NCCc2ccc(OC)c(F)c2)c1. The van der Waals surface area contributed by atoms with Crippen LogP contribution in [-0.2, 0) is 17.6 Å². The van der Waals surface area contributed by atoms with Gasteiger partial charge in [0.05, 0.1) is 20.6 Å². The highest BCUT2D eigenvalue weighted by Gasteiger charge is 2.06. The molecule has 0 aromatic heterocycles. The maximum Gasteiger partial charge on any atom is 0.224 e. The summed E-state index contributed by atoms with van der Waals surface area (Å²) in [6.45, 7) is 0.453. The second-order valence-corrected chi connectivity index (χ2v) is 5.10. The largest absolute Gasteiger partial charge is 0.497 e. The first-order chi connectivity index (χ1) is 11.1. The third-order valence-electron chi connectivity index (χ3n) is 3.45. The van der Waals surface area contributed by atoms with E-state index in [0.29, 0.717) is 13.0 Å². The van der Waals surface area contributed by atoms with E-state index in [1.54, 1.807) is 19.2 Å². The quantitative estimate of drug-likeness (QED) is 0.854. The molecule has 0 aliphatic rings. The van der Waals surface area contributed by atoms with Gasteiger partial charge in [0, 0.05) is 6.54 Å². The van der Waals surface area contributed by atoms with Crippen molar-refractivity contribution in [2.75, 3.05) is 20.8 Å². The Balaban J connectivity index is 1.81. The molecule has 2 rings (SSSR count). The van der Waals surface area contributed by atoms with E-state index in [9.17, 15) is 9.18 Å². The highest BCUT2D eigenvalue weighted by atomic mass is 19.1. The van der Waals surface area contributed by atoms with Gasteiger partial charge in [0.15, 0.2) is 11.6 Å². The molecule has 0 fully saturated rings. The summed E-state index contributed by atoms with van der Waals surface area (Å²) in [5.41, 5.74) is 1.70. The second-order valence-electron chi connectivity index (χ2n) is 5.10. The van der Waals surface area contributed by atoms with Crippen molar-refractivity contribution in [3.63, 3.8) is 0 Å². The van der Waals surface area contributed by atoms with Gasteiger partial charge in [0.1, 0.15) is 5.75 Å². The molecule has 2 aromatic rings. The fourth-order valence-corrected chi connectivity index (χ4v) is 2.24. The summed E-state index contributed by atoms with van der Waals surface area (Å²) in [5, 5.41) is 2.83. The maximum atomic E-state index is 13.6. The van der Waals surface area contributed by atoms with Gasteiger partial charge in [0.25, 0.3) is 0 Å². The lowest BCUT2D eigenvalue weighted by Crippen LogP contribution is -2.27. The number of methoxy groups -OCH3 is 2. The molecule has 2 aromatic carbocycles. The lowest BCUT2D eigenvalue weighted by molar-refractivity contribution is -0.120. The zero-order chi connectivity index (χ0) is 16.7. The smallest absolute Gasteiger partial charge is 0.224 e. The minimum absolute atomic E-state index is 0.0766. The molecule has 0 bridgehead atoms. The molecule has 0 atom stereocenters. The van der Waals surface area contributed by atoms with Crippen LogP contribution in [0.1, 0.15) is 11.1 Å². The number of hydrogen-bond acceptors (Lipinski definition) is 3. The van der Waals surface area contributed by atoms with Crippen molar-refractivity contribution in [1.82, 2.24) is 5.32 Å². The average molecular weight is 317 g/mol. The van der Waals surface area contributed by atoms with Gasteiger partial charge in [-0.05, 0) is 41.8 Å². The Labute approximate surface area is 135 Å². The van der Waals surface area contributed by atoms with E-state index < -0.39 is 5.82 Å². The van der Waals surface area contributed by atoms with Crippen LogP contribution in [0.4, 0.5) is 4.39 Å². The van der Waals surface area contributed by atoms with Crippen molar-refractivity contribution in [3.05, 3.63) is 59.4 Å². The van der Waals surface area contributed by atoms with Crippen LogP contribution in [0.25, 0.3) is 0 Å². The van der Waals surface area contributed by atoms with Crippen LogP contribution in [-0.4, -0.2) is 26.7 Å². The van der Waals surface area contributed by atoms with Gasteiger partial charge in [-0.1, -0.05) is 18.2 Å².